The molecule has 1 amide bonds. The second-order valence-electron chi connectivity index (χ2n) is 7.76. The maximum atomic E-state index is 13.0. The van der Waals surface area contributed by atoms with E-state index in [0.29, 0.717) is 30.2 Å². The molecule has 7 heteroatoms. The fourth-order valence-corrected chi connectivity index (χ4v) is 4.71. The Kier molecular flexibility index (Phi) is 4.43. The van der Waals surface area contributed by atoms with E-state index in [2.05, 4.69) is 16.0 Å². The second kappa shape index (κ2) is 7.12. The van der Waals surface area contributed by atoms with Crippen LogP contribution in [0.1, 0.15) is 28.4 Å². The Morgan fingerprint density at radius 1 is 1.03 bits per heavy atom. The van der Waals surface area contributed by atoms with Gasteiger partial charge in [0.25, 0.3) is 11.5 Å². The van der Waals surface area contributed by atoms with Gasteiger partial charge in [0.2, 0.25) is 0 Å². The zero-order valence-corrected chi connectivity index (χ0v) is 16.4. The molecule has 0 saturated carbocycles. The monoisotopic (exact) mass is 406 g/mol. The van der Waals surface area contributed by atoms with Gasteiger partial charge in [-0.1, -0.05) is 17.7 Å². The lowest BCUT2D eigenvalue weighted by atomic mass is 9.82. The van der Waals surface area contributed by atoms with Gasteiger partial charge in [-0.25, -0.2) is 0 Å². The minimum Gasteiger partial charge on any atom is -0.338 e. The Balaban J connectivity index is 1.49. The van der Waals surface area contributed by atoms with Crippen LogP contribution in [0.5, 0.6) is 0 Å². The van der Waals surface area contributed by atoms with Crippen molar-refractivity contribution in [2.75, 3.05) is 13.1 Å². The number of piperidine rings is 1. The van der Waals surface area contributed by atoms with Crippen molar-refractivity contribution in [2.45, 2.75) is 18.9 Å². The number of carbonyl (C=O) groups is 1. The first kappa shape index (κ1) is 18.1. The summed E-state index contributed by atoms with van der Waals surface area (Å²) in [5.74, 6) is 0.330. The fraction of sp³-hybridized carbons (Fsp3) is 0.273. The fourth-order valence-electron chi connectivity index (χ4n) is 4.54. The maximum absolute atomic E-state index is 13.0. The summed E-state index contributed by atoms with van der Waals surface area (Å²) in [4.78, 5) is 35.9. The molecular weight excluding hydrogens is 388 g/mol. The third kappa shape index (κ3) is 3.34. The highest BCUT2D eigenvalue weighted by Gasteiger charge is 2.37. The van der Waals surface area contributed by atoms with Gasteiger partial charge in [0, 0.05) is 67.7 Å². The molecule has 29 heavy (non-hydrogen) atoms. The predicted octanol–water partition coefficient (Wildman–Crippen LogP) is 3.22. The smallest absolute Gasteiger partial charge is 0.255 e. The SMILES string of the molecule is O=C(c1cncc(Cl)c1)N1C[C@@H]2C[C@H](C1)c1cc(-c3cccnc3)cc(=O)n1C2. The van der Waals surface area contributed by atoms with Gasteiger partial charge < -0.3 is 9.47 Å². The molecule has 2 aliphatic rings. The number of halogens is 1. The topological polar surface area (TPSA) is 68.1 Å². The molecule has 3 aromatic rings. The number of pyridine rings is 3. The molecule has 0 aromatic carbocycles. The molecule has 1 fully saturated rings. The van der Waals surface area contributed by atoms with E-state index in [1.165, 1.54) is 6.20 Å². The molecule has 0 unspecified atom stereocenters. The minimum absolute atomic E-state index is 0.00914. The standard InChI is InChI=1S/C22H19ClN4O2/c23-19-5-17(9-25-10-19)22(29)26-11-14-4-18(13-26)20-6-16(7-21(28)27(20)12-14)15-2-1-3-24-8-15/h1-3,5-10,14,18H,4,11-13H2/t14-,18+/m0/s1. The summed E-state index contributed by atoms with van der Waals surface area (Å²) >= 11 is 6.01. The number of aromatic nitrogens is 3. The lowest BCUT2D eigenvalue weighted by Gasteiger charge is -2.43. The van der Waals surface area contributed by atoms with E-state index in [0.717, 1.165) is 23.2 Å². The van der Waals surface area contributed by atoms with E-state index in [1.54, 1.807) is 30.7 Å². The highest BCUT2D eigenvalue weighted by atomic mass is 35.5. The van der Waals surface area contributed by atoms with Crippen molar-refractivity contribution in [3.63, 3.8) is 0 Å². The third-order valence-electron chi connectivity index (χ3n) is 5.79. The summed E-state index contributed by atoms with van der Waals surface area (Å²) in [6.07, 6.45) is 7.53. The van der Waals surface area contributed by atoms with Crippen molar-refractivity contribution >= 4 is 17.5 Å². The highest BCUT2D eigenvalue weighted by Crippen LogP contribution is 2.37. The van der Waals surface area contributed by atoms with Crippen molar-refractivity contribution in [3.05, 3.63) is 81.8 Å². The molecule has 0 N–H and O–H groups in total. The summed E-state index contributed by atoms with van der Waals surface area (Å²) in [5, 5.41) is 0.450. The summed E-state index contributed by atoms with van der Waals surface area (Å²) in [7, 11) is 0. The molecule has 1 saturated heterocycles. The van der Waals surface area contributed by atoms with Gasteiger partial charge in [0.1, 0.15) is 0 Å². The molecule has 3 aromatic heterocycles. The van der Waals surface area contributed by atoms with Gasteiger partial charge in [-0.2, -0.15) is 0 Å². The zero-order chi connectivity index (χ0) is 20.0. The van der Waals surface area contributed by atoms with Crippen LogP contribution in [0, 0.1) is 5.92 Å². The molecule has 6 nitrogen and oxygen atoms in total. The van der Waals surface area contributed by atoms with Crippen molar-refractivity contribution in [1.29, 1.82) is 0 Å². The van der Waals surface area contributed by atoms with Crippen molar-refractivity contribution in [2.24, 2.45) is 5.92 Å². The van der Waals surface area contributed by atoms with E-state index in [9.17, 15) is 9.59 Å². The Labute approximate surface area is 172 Å². The molecule has 2 aliphatic heterocycles. The largest absolute Gasteiger partial charge is 0.338 e. The van der Waals surface area contributed by atoms with Gasteiger partial charge in [0.05, 0.1) is 10.6 Å². The Morgan fingerprint density at radius 2 is 1.93 bits per heavy atom. The number of hydrogen-bond donors (Lipinski definition) is 0. The molecule has 5 rings (SSSR count). The first-order valence-electron chi connectivity index (χ1n) is 9.63. The Bertz CT molecular complexity index is 1150. The lowest BCUT2D eigenvalue weighted by molar-refractivity contribution is 0.0594. The first-order valence-corrected chi connectivity index (χ1v) is 10.0. The summed E-state index contributed by atoms with van der Waals surface area (Å²) in [6.45, 7) is 1.85. The van der Waals surface area contributed by atoms with E-state index in [4.69, 9.17) is 11.6 Å². The van der Waals surface area contributed by atoms with Crippen LogP contribution in [0.4, 0.5) is 0 Å². The second-order valence-corrected chi connectivity index (χ2v) is 8.20. The van der Waals surface area contributed by atoms with Gasteiger partial charge >= 0.3 is 0 Å². The van der Waals surface area contributed by atoms with Crippen LogP contribution in [-0.4, -0.2) is 38.4 Å². The average molecular weight is 407 g/mol. The van der Waals surface area contributed by atoms with Gasteiger partial charge in [-0.15, -0.1) is 0 Å². The van der Waals surface area contributed by atoms with E-state index in [1.807, 2.05) is 21.6 Å². The third-order valence-corrected chi connectivity index (χ3v) is 6.00. The molecule has 146 valence electrons. The Hall–Kier alpha value is -2.99. The van der Waals surface area contributed by atoms with Gasteiger partial charge in [-0.3, -0.25) is 19.6 Å². The summed E-state index contributed by atoms with van der Waals surface area (Å²) < 4.78 is 1.88. The number of carbonyl (C=O) groups excluding carboxylic acids is 1. The van der Waals surface area contributed by atoms with E-state index in [-0.39, 0.29) is 23.3 Å². The molecule has 2 atom stereocenters. The molecular formula is C22H19ClN4O2. The quantitative estimate of drug-likeness (QED) is 0.655. The normalized spacial score (nSPS) is 20.2. The molecule has 0 aliphatic carbocycles. The van der Waals surface area contributed by atoms with Crippen molar-refractivity contribution in [3.8, 4) is 11.1 Å². The van der Waals surface area contributed by atoms with E-state index >= 15 is 0 Å². The van der Waals surface area contributed by atoms with Crippen LogP contribution in [0.25, 0.3) is 11.1 Å². The van der Waals surface area contributed by atoms with Crippen LogP contribution in [0.15, 0.2) is 59.9 Å². The molecule has 2 bridgehead atoms. The molecule has 5 heterocycles. The van der Waals surface area contributed by atoms with Crippen LogP contribution < -0.4 is 5.56 Å². The van der Waals surface area contributed by atoms with Gasteiger partial charge in [0.15, 0.2) is 0 Å². The number of nitrogens with zero attached hydrogens (tertiary/aromatic N) is 4. The number of rotatable bonds is 2. The number of likely N-dealkylation sites (tertiary alicyclic amines) is 1. The summed E-state index contributed by atoms with van der Waals surface area (Å²) in [6, 6.07) is 9.23. The number of amides is 1. The number of hydrogen-bond acceptors (Lipinski definition) is 4. The number of fused-ring (bicyclic) bond motifs is 4. The molecule has 0 radical (unpaired) electrons. The highest BCUT2D eigenvalue weighted by molar-refractivity contribution is 6.30. The minimum atomic E-state index is -0.0612. The van der Waals surface area contributed by atoms with Crippen molar-refractivity contribution in [1.82, 2.24) is 19.4 Å². The molecule has 0 spiro atoms. The van der Waals surface area contributed by atoms with Crippen molar-refractivity contribution < 1.29 is 4.79 Å². The summed E-state index contributed by atoms with van der Waals surface area (Å²) in [5.41, 5.74) is 3.29. The van der Waals surface area contributed by atoms with Crippen LogP contribution in [-0.2, 0) is 6.54 Å². The maximum Gasteiger partial charge on any atom is 0.255 e. The average Bonchev–Trinajstić information content (AvgIpc) is 2.74. The Morgan fingerprint density at radius 3 is 2.72 bits per heavy atom. The van der Waals surface area contributed by atoms with E-state index < -0.39 is 0 Å². The lowest BCUT2D eigenvalue weighted by Crippen LogP contribution is -2.49. The van der Waals surface area contributed by atoms with Crippen LogP contribution in [0.3, 0.4) is 0 Å². The van der Waals surface area contributed by atoms with Gasteiger partial charge in [-0.05, 0) is 36.1 Å². The predicted molar refractivity (Wildman–Crippen MR) is 110 cm³/mol. The zero-order valence-electron chi connectivity index (χ0n) is 15.7. The van der Waals surface area contributed by atoms with Crippen LogP contribution in [0.2, 0.25) is 5.02 Å². The van der Waals surface area contributed by atoms with Crippen LogP contribution >= 0.6 is 11.6 Å². The first-order chi connectivity index (χ1) is 14.1.